The van der Waals surface area contributed by atoms with Crippen LogP contribution in [0.4, 0.5) is 0 Å². The van der Waals surface area contributed by atoms with Crippen molar-refractivity contribution < 1.29 is 9.21 Å². The molecule has 0 spiro atoms. The highest BCUT2D eigenvalue weighted by atomic mass is 35.5. The first-order valence-electron chi connectivity index (χ1n) is 9.45. The summed E-state index contributed by atoms with van der Waals surface area (Å²) in [4.78, 5) is 15.6. The summed E-state index contributed by atoms with van der Waals surface area (Å²) in [6, 6.07) is 20.7. The SMILES string of the molecule is N#C/C(=C/c1ccc(-c2ccc(Cl)cc2)o1)C(=O)NCCc1c[nH]c2ccccc12. The van der Waals surface area contributed by atoms with Gasteiger partial charge in [-0.25, -0.2) is 0 Å². The highest BCUT2D eigenvalue weighted by molar-refractivity contribution is 6.30. The molecule has 30 heavy (non-hydrogen) atoms. The van der Waals surface area contributed by atoms with E-state index in [-0.39, 0.29) is 5.57 Å². The van der Waals surface area contributed by atoms with Gasteiger partial charge >= 0.3 is 0 Å². The highest BCUT2D eigenvalue weighted by Crippen LogP contribution is 2.25. The molecule has 0 unspecified atom stereocenters. The van der Waals surface area contributed by atoms with Gasteiger partial charge in [0.2, 0.25) is 0 Å². The van der Waals surface area contributed by atoms with Crippen molar-refractivity contribution in [1.82, 2.24) is 10.3 Å². The topological polar surface area (TPSA) is 81.8 Å². The minimum atomic E-state index is -0.429. The molecule has 0 saturated heterocycles. The van der Waals surface area contributed by atoms with Crippen LogP contribution >= 0.6 is 11.6 Å². The van der Waals surface area contributed by atoms with Crippen molar-refractivity contribution in [3.8, 4) is 17.4 Å². The molecule has 0 radical (unpaired) electrons. The van der Waals surface area contributed by atoms with E-state index in [4.69, 9.17) is 16.0 Å². The summed E-state index contributed by atoms with van der Waals surface area (Å²) >= 11 is 5.91. The average Bonchev–Trinajstić information content (AvgIpc) is 3.40. The van der Waals surface area contributed by atoms with Crippen LogP contribution in [0, 0.1) is 11.3 Å². The Balaban J connectivity index is 1.41. The third kappa shape index (κ3) is 4.29. The molecule has 2 aromatic carbocycles. The molecule has 1 amide bonds. The van der Waals surface area contributed by atoms with Gasteiger partial charge in [0.1, 0.15) is 23.2 Å². The lowest BCUT2D eigenvalue weighted by Crippen LogP contribution is -2.26. The normalized spacial score (nSPS) is 11.4. The summed E-state index contributed by atoms with van der Waals surface area (Å²) in [6.45, 7) is 0.424. The number of aromatic amines is 1. The van der Waals surface area contributed by atoms with Crippen LogP contribution in [-0.4, -0.2) is 17.4 Å². The first-order chi connectivity index (χ1) is 14.6. The van der Waals surface area contributed by atoms with Gasteiger partial charge in [-0.1, -0.05) is 29.8 Å². The molecule has 5 nitrogen and oxygen atoms in total. The zero-order valence-corrected chi connectivity index (χ0v) is 16.7. The van der Waals surface area contributed by atoms with E-state index in [9.17, 15) is 10.1 Å². The predicted octanol–water partition coefficient (Wildman–Crippen LogP) is 5.35. The van der Waals surface area contributed by atoms with Crippen LogP contribution in [0.3, 0.4) is 0 Å². The van der Waals surface area contributed by atoms with Gasteiger partial charge in [-0.15, -0.1) is 0 Å². The number of nitriles is 1. The van der Waals surface area contributed by atoms with Gasteiger partial charge in [0.05, 0.1) is 0 Å². The number of amides is 1. The van der Waals surface area contributed by atoms with Crippen LogP contribution in [0.1, 0.15) is 11.3 Å². The van der Waals surface area contributed by atoms with Crippen molar-refractivity contribution in [2.75, 3.05) is 6.54 Å². The molecule has 0 atom stereocenters. The molecule has 0 bridgehead atoms. The molecule has 0 aliphatic carbocycles. The van der Waals surface area contributed by atoms with Gasteiger partial charge in [-0.3, -0.25) is 4.79 Å². The number of furan rings is 1. The molecule has 4 aromatic rings. The number of H-pyrrole nitrogens is 1. The van der Waals surface area contributed by atoms with Crippen LogP contribution in [0.15, 0.2) is 76.9 Å². The minimum Gasteiger partial charge on any atom is -0.457 e. The molecule has 0 aliphatic rings. The van der Waals surface area contributed by atoms with E-state index in [1.54, 1.807) is 24.3 Å². The van der Waals surface area contributed by atoms with Crippen LogP contribution in [0.2, 0.25) is 5.02 Å². The van der Waals surface area contributed by atoms with Crippen LogP contribution < -0.4 is 5.32 Å². The minimum absolute atomic E-state index is 0.00840. The summed E-state index contributed by atoms with van der Waals surface area (Å²) in [6.07, 6.45) is 4.05. The molecule has 2 heterocycles. The Kier molecular flexibility index (Phi) is 5.69. The zero-order valence-electron chi connectivity index (χ0n) is 16.0. The van der Waals surface area contributed by atoms with E-state index in [0.717, 1.165) is 22.0 Å². The van der Waals surface area contributed by atoms with Crippen molar-refractivity contribution in [3.05, 3.63) is 88.8 Å². The number of aromatic nitrogens is 1. The molecule has 0 fully saturated rings. The number of carbonyl (C=O) groups excluding carboxylic acids is 1. The lowest BCUT2D eigenvalue weighted by atomic mass is 10.1. The van der Waals surface area contributed by atoms with Gasteiger partial charge in [0.15, 0.2) is 0 Å². The molecular formula is C24H18ClN3O2. The fourth-order valence-electron chi connectivity index (χ4n) is 3.23. The first-order valence-corrected chi connectivity index (χ1v) is 9.82. The zero-order chi connectivity index (χ0) is 20.9. The van der Waals surface area contributed by atoms with Crippen molar-refractivity contribution >= 4 is 34.5 Å². The summed E-state index contributed by atoms with van der Waals surface area (Å²) < 4.78 is 5.75. The fraction of sp³-hybridized carbons (Fsp3) is 0.0833. The maximum absolute atomic E-state index is 12.4. The Morgan fingerprint density at radius 2 is 1.93 bits per heavy atom. The Hall–Kier alpha value is -3.75. The van der Waals surface area contributed by atoms with E-state index >= 15 is 0 Å². The van der Waals surface area contributed by atoms with E-state index in [1.165, 1.54) is 6.08 Å². The third-order valence-corrected chi connectivity index (χ3v) is 5.01. The van der Waals surface area contributed by atoms with Crippen molar-refractivity contribution in [1.29, 1.82) is 5.26 Å². The number of rotatable bonds is 6. The van der Waals surface area contributed by atoms with E-state index in [2.05, 4.69) is 10.3 Å². The summed E-state index contributed by atoms with van der Waals surface area (Å²) in [5, 5.41) is 14.0. The Labute approximate surface area is 178 Å². The van der Waals surface area contributed by atoms with E-state index in [0.29, 0.717) is 29.5 Å². The summed E-state index contributed by atoms with van der Waals surface area (Å²) in [5.74, 6) is 0.639. The lowest BCUT2D eigenvalue weighted by molar-refractivity contribution is -0.117. The Morgan fingerprint density at radius 1 is 1.13 bits per heavy atom. The van der Waals surface area contributed by atoms with Crippen LogP contribution in [0.25, 0.3) is 28.3 Å². The molecule has 148 valence electrons. The average molecular weight is 416 g/mol. The van der Waals surface area contributed by atoms with Crippen LogP contribution in [0.5, 0.6) is 0 Å². The number of halogens is 1. The first kappa shape index (κ1) is 19.6. The Bertz CT molecular complexity index is 1260. The third-order valence-electron chi connectivity index (χ3n) is 4.76. The summed E-state index contributed by atoms with van der Waals surface area (Å²) in [7, 11) is 0. The number of nitrogens with one attached hydrogen (secondary N) is 2. The smallest absolute Gasteiger partial charge is 0.262 e. The number of fused-ring (bicyclic) bond motifs is 1. The molecule has 6 heteroatoms. The van der Waals surface area contributed by atoms with Crippen molar-refractivity contribution in [2.24, 2.45) is 0 Å². The second-order valence-electron chi connectivity index (χ2n) is 6.74. The molecule has 0 aliphatic heterocycles. The molecule has 0 saturated carbocycles. The van der Waals surface area contributed by atoms with Gasteiger partial charge in [0.25, 0.3) is 5.91 Å². The fourth-order valence-corrected chi connectivity index (χ4v) is 3.36. The quantitative estimate of drug-likeness (QED) is 0.329. The van der Waals surface area contributed by atoms with Crippen LogP contribution in [-0.2, 0) is 11.2 Å². The number of benzene rings is 2. The number of carbonyl (C=O) groups is 1. The molecule has 2 aromatic heterocycles. The van der Waals surface area contributed by atoms with Gasteiger partial charge < -0.3 is 14.7 Å². The molecular weight excluding hydrogens is 398 g/mol. The van der Waals surface area contributed by atoms with E-state index < -0.39 is 5.91 Å². The van der Waals surface area contributed by atoms with Gasteiger partial charge in [-0.05, 0) is 54.4 Å². The predicted molar refractivity (Wildman–Crippen MR) is 118 cm³/mol. The monoisotopic (exact) mass is 415 g/mol. The number of hydrogen-bond donors (Lipinski definition) is 2. The van der Waals surface area contributed by atoms with Crippen molar-refractivity contribution in [2.45, 2.75) is 6.42 Å². The molecule has 4 rings (SSSR count). The van der Waals surface area contributed by atoms with E-state index in [1.807, 2.05) is 48.7 Å². The number of hydrogen-bond acceptors (Lipinski definition) is 3. The molecule has 2 N–H and O–H groups in total. The maximum Gasteiger partial charge on any atom is 0.262 e. The Morgan fingerprint density at radius 3 is 2.73 bits per heavy atom. The van der Waals surface area contributed by atoms with Crippen molar-refractivity contribution in [3.63, 3.8) is 0 Å². The number of para-hydroxylation sites is 1. The van der Waals surface area contributed by atoms with Gasteiger partial charge in [0, 0.05) is 40.3 Å². The second-order valence-corrected chi connectivity index (χ2v) is 7.18. The standard InChI is InChI=1S/C24H18ClN3O2/c25-19-7-5-16(6-8-19)23-10-9-20(30-23)13-18(14-26)24(29)27-12-11-17-15-28-22-4-2-1-3-21(17)22/h1-10,13,15,28H,11-12H2,(H,27,29)/b18-13-. The maximum atomic E-state index is 12.4. The number of nitrogens with zero attached hydrogens (tertiary/aromatic N) is 1. The second kappa shape index (κ2) is 8.73. The lowest BCUT2D eigenvalue weighted by Gasteiger charge is -2.03. The highest BCUT2D eigenvalue weighted by Gasteiger charge is 2.11. The van der Waals surface area contributed by atoms with Gasteiger partial charge in [-0.2, -0.15) is 5.26 Å². The summed E-state index contributed by atoms with van der Waals surface area (Å²) in [5.41, 5.74) is 3.03. The largest absolute Gasteiger partial charge is 0.457 e.